The first-order valence-corrected chi connectivity index (χ1v) is 5.03. The van der Waals surface area contributed by atoms with E-state index in [0.717, 1.165) is 12.8 Å². The molecule has 0 unspecified atom stereocenters. The molecule has 1 saturated carbocycles. The van der Waals surface area contributed by atoms with Gasteiger partial charge < -0.3 is 0 Å². The zero-order valence-corrected chi connectivity index (χ0v) is 7.11. The van der Waals surface area contributed by atoms with E-state index >= 15 is 0 Å². The SMILES string of the molecule is CNS(=O)(=O)C1CC(C)C1. The molecule has 1 fully saturated rings. The highest BCUT2D eigenvalue weighted by molar-refractivity contribution is 7.90. The molecule has 4 heteroatoms. The highest BCUT2D eigenvalue weighted by Crippen LogP contribution is 2.31. The molecule has 0 aliphatic heterocycles. The van der Waals surface area contributed by atoms with Crippen molar-refractivity contribution in [2.75, 3.05) is 7.05 Å². The minimum absolute atomic E-state index is 0.118. The summed E-state index contributed by atoms with van der Waals surface area (Å²) in [7, 11) is -1.47. The summed E-state index contributed by atoms with van der Waals surface area (Å²) in [6.45, 7) is 2.07. The van der Waals surface area contributed by atoms with Gasteiger partial charge in [0.25, 0.3) is 0 Å². The molecular weight excluding hydrogens is 150 g/mol. The first kappa shape index (κ1) is 8.01. The van der Waals surface area contributed by atoms with Crippen molar-refractivity contribution in [2.24, 2.45) is 5.92 Å². The second kappa shape index (κ2) is 2.51. The van der Waals surface area contributed by atoms with E-state index in [1.165, 1.54) is 7.05 Å². The van der Waals surface area contributed by atoms with E-state index in [9.17, 15) is 8.42 Å². The van der Waals surface area contributed by atoms with E-state index in [-0.39, 0.29) is 5.25 Å². The molecular formula is C6H13NO2S. The standard InChI is InChI=1S/C6H13NO2S/c1-5-3-6(4-5)10(8,9)7-2/h5-7H,3-4H2,1-2H3. The molecule has 0 radical (unpaired) electrons. The summed E-state index contributed by atoms with van der Waals surface area (Å²) in [5, 5.41) is -0.118. The van der Waals surface area contributed by atoms with Gasteiger partial charge in [0.2, 0.25) is 10.0 Å². The minimum Gasteiger partial charge on any atom is -0.218 e. The van der Waals surface area contributed by atoms with Gasteiger partial charge in [0.1, 0.15) is 0 Å². The van der Waals surface area contributed by atoms with Crippen LogP contribution < -0.4 is 4.72 Å². The van der Waals surface area contributed by atoms with Crippen LogP contribution in [0.1, 0.15) is 19.8 Å². The van der Waals surface area contributed by atoms with Crippen LogP contribution in [0.5, 0.6) is 0 Å². The Morgan fingerprint density at radius 1 is 1.40 bits per heavy atom. The lowest BCUT2D eigenvalue weighted by molar-refractivity contribution is 0.342. The number of hydrogen-bond acceptors (Lipinski definition) is 2. The Labute approximate surface area is 61.9 Å². The Balaban J connectivity index is 2.53. The monoisotopic (exact) mass is 163 g/mol. The van der Waals surface area contributed by atoms with Gasteiger partial charge in [0.05, 0.1) is 5.25 Å². The molecule has 0 atom stereocenters. The highest BCUT2D eigenvalue weighted by atomic mass is 32.2. The molecule has 60 valence electrons. The van der Waals surface area contributed by atoms with Crippen LogP contribution in [-0.2, 0) is 10.0 Å². The van der Waals surface area contributed by atoms with Crippen LogP contribution in [0.25, 0.3) is 0 Å². The van der Waals surface area contributed by atoms with Crippen molar-refractivity contribution >= 4 is 10.0 Å². The van der Waals surface area contributed by atoms with Gasteiger partial charge in [0, 0.05) is 0 Å². The van der Waals surface area contributed by atoms with Gasteiger partial charge in [-0.1, -0.05) is 6.92 Å². The van der Waals surface area contributed by atoms with Crippen LogP contribution in [0.3, 0.4) is 0 Å². The van der Waals surface area contributed by atoms with E-state index in [1.54, 1.807) is 0 Å². The third kappa shape index (κ3) is 1.32. The Kier molecular flexibility index (Phi) is 2.01. The molecule has 0 bridgehead atoms. The number of hydrogen-bond donors (Lipinski definition) is 1. The third-order valence-electron chi connectivity index (χ3n) is 2.05. The van der Waals surface area contributed by atoms with Crippen molar-refractivity contribution in [3.05, 3.63) is 0 Å². The van der Waals surface area contributed by atoms with Crippen molar-refractivity contribution in [1.29, 1.82) is 0 Å². The summed E-state index contributed by atoms with van der Waals surface area (Å²) >= 11 is 0. The van der Waals surface area contributed by atoms with Crippen LogP contribution in [0, 0.1) is 5.92 Å². The van der Waals surface area contributed by atoms with Crippen LogP contribution in [0.2, 0.25) is 0 Å². The van der Waals surface area contributed by atoms with Gasteiger partial charge in [0.15, 0.2) is 0 Å². The second-order valence-corrected chi connectivity index (χ2v) is 5.11. The fraction of sp³-hybridized carbons (Fsp3) is 1.00. The maximum atomic E-state index is 11.0. The van der Waals surface area contributed by atoms with E-state index in [1.807, 2.05) is 0 Å². The first-order chi connectivity index (χ1) is 4.56. The van der Waals surface area contributed by atoms with Crippen LogP contribution in [0.15, 0.2) is 0 Å². The molecule has 1 aliphatic carbocycles. The predicted octanol–water partition coefficient (Wildman–Crippen LogP) is 0.334. The summed E-state index contributed by atoms with van der Waals surface area (Å²) in [5.74, 6) is 0.591. The molecule has 1 aliphatic rings. The lowest BCUT2D eigenvalue weighted by Crippen LogP contribution is -2.40. The molecule has 0 aromatic carbocycles. The number of sulfonamides is 1. The van der Waals surface area contributed by atoms with Gasteiger partial charge >= 0.3 is 0 Å². The predicted molar refractivity (Wildman–Crippen MR) is 40.2 cm³/mol. The molecule has 0 amide bonds. The Bertz CT molecular complexity index is 204. The van der Waals surface area contributed by atoms with Gasteiger partial charge in [-0.2, -0.15) is 0 Å². The fourth-order valence-corrected chi connectivity index (χ4v) is 2.75. The molecule has 0 aromatic heterocycles. The minimum atomic E-state index is -2.94. The van der Waals surface area contributed by atoms with Crippen LogP contribution in [-0.4, -0.2) is 20.7 Å². The molecule has 10 heavy (non-hydrogen) atoms. The van der Waals surface area contributed by atoms with Crippen LogP contribution in [0.4, 0.5) is 0 Å². The summed E-state index contributed by atoms with van der Waals surface area (Å²) in [6.07, 6.45) is 1.65. The van der Waals surface area contributed by atoms with Crippen molar-refractivity contribution in [1.82, 2.24) is 4.72 Å². The molecule has 0 saturated heterocycles. The zero-order chi connectivity index (χ0) is 7.78. The summed E-state index contributed by atoms with van der Waals surface area (Å²) in [4.78, 5) is 0. The number of rotatable bonds is 2. The van der Waals surface area contributed by atoms with Crippen molar-refractivity contribution < 1.29 is 8.42 Å². The summed E-state index contributed by atoms with van der Waals surface area (Å²) in [6, 6.07) is 0. The third-order valence-corrected chi connectivity index (χ3v) is 3.89. The van der Waals surface area contributed by atoms with E-state index in [2.05, 4.69) is 11.6 Å². The first-order valence-electron chi connectivity index (χ1n) is 3.48. The van der Waals surface area contributed by atoms with Gasteiger partial charge in [-0.25, -0.2) is 13.1 Å². The largest absolute Gasteiger partial charge is 0.218 e. The quantitative estimate of drug-likeness (QED) is 0.638. The highest BCUT2D eigenvalue weighted by Gasteiger charge is 2.35. The Hall–Kier alpha value is -0.0900. The smallest absolute Gasteiger partial charge is 0.214 e. The topological polar surface area (TPSA) is 46.2 Å². The normalized spacial score (nSPS) is 33.4. The second-order valence-electron chi connectivity index (χ2n) is 2.95. The average molecular weight is 163 g/mol. The maximum Gasteiger partial charge on any atom is 0.214 e. The van der Waals surface area contributed by atoms with Crippen molar-refractivity contribution in [2.45, 2.75) is 25.0 Å². The average Bonchev–Trinajstić information content (AvgIpc) is 1.81. The fourth-order valence-electron chi connectivity index (χ4n) is 1.25. The maximum absolute atomic E-state index is 11.0. The van der Waals surface area contributed by atoms with E-state index in [0.29, 0.717) is 5.92 Å². The molecule has 1 rings (SSSR count). The van der Waals surface area contributed by atoms with Crippen LogP contribution >= 0.6 is 0 Å². The van der Waals surface area contributed by atoms with E-state index < -0.39 is 10.0 Å². The lowest BCUT2D eigenvalue weighted by atomic mass is 9.87. The van der Waals surface area contributed by atoms with Gasteiger partial charge in [-0.3, -0.25) is 0 Å². The molecule has 1 N–H and O–H groups in total. The molecule has 0 aromatic rings. The van der Waals surface area contributed by atoms with Crippen molar-refractivity contribution in [3.8, 4) is 0 Å². The van der Waals surface area contributed by atoms with Crippen molar-refractivity contribution in [3.63, 3.8) is 0 Å². The molecule has 0 heterocycles. The number of nitrogens with one attached hydrogen (secondary N) is 1. The summed E-state index contributed by atoms with van der Waals surface area (Å²) in [5.41, 5.74) is 0. The summed E-state index contributed by atoms with van der Waals surface area (Å²) < 4.78 is 24.4. The molecule has 0 spiro atoms. The zero-order valence-electron chi connectivity index (χ0n) is 6.29. The lowest BCUT2D eigenvalue weighted by Gasteiger charge is -2.31. The van der Waals surface area contributed by atoms with Gasteiger partial charge in [-0.15, -0.1) is 0 Å². The molecule has 3 nitrogen and oxygen atoms in total. The van der Waals surface area contributed by atoms with E-state index in [4.69, 9.17) is 0 Å². The Morgan fingerprint density at radius 2 is 1.90 bits per heavy atom. The van der Waals surface area contributed by atoms with Gasteiger partial charge in [-0.05, 0) is 25.8 Å². The Morgan fingerprint density at radius 3 is 2.20 bits per heavy atom.